The minimum absolute atomic E-state index is 0.00424. The molecule has 2 heterocycles. The molecule has 1 amide bonds. The van der Waals surface area contributed by atoms with Crippen molar-refractivity contribution in [3.05, 3.63) is 47.4 Å². The van der Waals surface area contributed by atoms with Gasteiger partial charge in [-0.2, -0.15) is 0 Å². The van der Waals surface area contributed by atoms with Gasteiger partial charge in [-0.3, -0.25) is 4.79 Å². The molecule has 1 aromatic heterocycles. The number of aromatic nitrogens is 1. The smallest absolute Gasteiger partial charge is 0.260 e. The second kappa shape index (κ2) is 8.29. The van der Waals surface area contributed by atoms with Gasteiger partial charge in [0.15, 0.2) is 0 Å². The quantitative estimate of drug-likeness (QED) is 0.688. The average molecular weight is 438 g/mol. The average Bonchev–Trinajstić information content (AvgIpc) is 3.45. The van der Waals surface area contributed by atoms with Gasteiger partial charge in [-0.05, 0) is 49.6 Å². The Bertz CT molecular complexity index is 1170. The van der Waals surface area contributed by atoms with Gasteiger partial charge in [0.05, 0.1) is 33.9 Å². The van der Waals surface area contributed by atoms with Crippen molar-refractivity contribution in [1.82, 2.24) is 9.71 Å². The highest BCUT2D eigenvalue weighted by atomic mass is 32.2. The molecule has 4 rings (SSSR count). The molecular weight excluding hydrogens is 413 g/mol. The molecular formula is C20H22FN3O5S. The number of nitrogens with zero attached hydrogens (tertiary/aromatic N) is 1. The summed E-state index contributed by atoms with van der Waals surface area (Å²) < 4.78 is 74.1. The number of benzene rings is 1. The Morgan fingerprint density at radius 1 is 1.30 bits per heavy atom. The van der Waals surface area contributed by atoms with Crippen LogP contribution in [0.15, 0.2) is 35.2 Å². The van der Waals surface area contributed by atoms with Crippen molar-refractivity contribution >= 4 is 21.7 Å². The number of hydrogen-bond donors (Lipinski definition) is 2. The standard InChI is InChI=1S/C20H22FN3O5S/c1-28-17-6-4-14(30(26,27)24-13-8-9-29-11-13)10-15(17)20(25)23-18-7-5-16(21)19(22-18)12-2-3-12/h4-7,10,12-13,24H,2-3,8-9,11H2,1H3,(H,22,23,25)/i1D3. The van der Waals surface area contributed by atoms with Gasteiger partial charge in [-0.25, -0.2) is 22.5 Å². The third kappa shape index (κ3) is 4.45. The lowest BCUT2D eigenvalue weighted by molar-refractivity contribution is 0.102. The number of rotatable bonds is 7. The highest BCUT2D eigenvalue weighted by Crippen LogP contribution is 2.40. The Labute approximate surface area is 178 Å². The van der Waals surface area contributed by atoms with Crippen LogP contribution in [0.3, 0.4) is 0 Å². The molecule has 1 atom stereocenters. The van der Waals surface area contributed by atoms with Crippen molar-refractivity contribution in [2.45, 2.75) is 36.1 Å². The Morgan fingerprint density at radius 2 is 2.13 bits per heavy atom. The van der Waals surface area contributed by atoms with Crippen LogP contribution in [0.1, 0.15) is 45.3 Å². The number of hydrogen-bond acceptors (Lipinski definition) is 6. The van der Waals surface area contributed by atoms with E-state index < -0.39 is 34.8 Å². The van der Waals surface area contributed by atoms with Gasteiger partial charge >= 0.3 is 0 Å². The number of pyridine rings is 1. The number of halogens is 1. The highest BCUT2D eigenvalue weighted by Gasteiger charge is 2.29. The molecule has 2 aliphatic rings. The first-order valence-electron chi connectivity index (χ1n) is 10.9. The van der Waals surface area contributed by atoms with E-state index in [1.54, 1.807) is 0 Å². The predicted octanol–water partition coefficient (Wildman–Crippen LogP) is 2.43. The van der Waals surface area contributed by atoms with Gasteiger partial charge in [0.1, 0.15) is 17.4 Å². The van der Waals surface area contributed by atoms with E-state index in [0.717, 1.165) is 31.0 Å². The fourth-order valence-electron chi connectivity index (χ4n) is 3.21. The van der Waals surface area contributed by atoms with Crippen molar-refractivity contribution in [2.75, 3.05) is 25.6 Å². The van der Waals surface area contributed by atoms with Gasteiger partial charge < -0.3 is 14.8 Å². The molecule has 1 aliphatic heterocycles. The zero-order valence-electron chi connectivity index (χ0n) is 18.9. The summed E-state index contributed by atoms with van der Waals surface area (Å²) in [5.41, 5.74) is -0.0816. The summed E-state index contributed by atoms with van der Waals surface area (Å²) in [6.07, 6.45) is 2.11. The molecule has 1 saturated carbocycles. The van der Waals surface area contributed by atoms with Crippen molar-refractivity contribution in [1.29, 1.82) is 0 Å². The Morgan fingerprint density at radius 3 is 2.83 bits per heavy atom. The predicted molar refractivity (Wildman–Crippen MR) is 107 cm³/mol. The zero-order chi connectivity index (χ0) is 23.8. The van der Waals surface area contributed by atoms with Crippen LogP contribution in [0, 0.1) is 5.82 Å². The molecule has 1 aromatic carbocycles. The maximum Gasteiger partial charge on any atom is 0.260 e. The topological polar surface area (TPSA) is 107 Å². The summed E-state index contributed by atoms with van der Waals surface area (Å²) in [7, 11) is -6.89. The molecule has 1 aliphatic carbocycles. The number of carbonyl (C=O) groups is 1. The van der Waals surface area contributed by atoms with Crippen LogP contribution in [0.4, 0.5) is 10.2 Å². The SMILES string of the molecule is [2H]C([2H])([2H])Oc1ccc(S(=O)(=O)NC2CCOC2)cc1C(=O)Nc1ccc(F)c(C2CC2)n1. The van der Waals surface area contributed by atoms with Gasteiger partial charge in [0, 0.05) is 18.6 Å². The van der Waals surface area contributed by atoms with Crippen LogP contribution in [-0.4, -0.2) is 45.6 Å². The molecule has 0 bridgehead atoms. The van der Waals surface area contributed by atoms with E-state index in [1.807, 2.05) is 0 Å². The number of amides is 1. The second-order valence-electron chi connectivity index (χ2n) is 7.23. The third-order valence-corrected chi connectivity index (χ3v) is 6.46. The highest BCUT2D eigenvalue weighted by molar-refractivity contribution is 7.89. The van der Waals surface area contributed by atoms with Crippen LogP contribution in [0.25, 0.3) is 0 Å². The Balaban J connectivity index is 1.64. The van der Waals surface area contributed by atoms with Crippen molar-refractivity contribution < 1.29 is 31.2 Å². The molecule has 2 fully saturated rings. The van der Waals surface area contributed by atoms with Gasteiger partial charge in [-0.1, -0.05) is 0 Å². The molecule has 0 spiro atoms. The van der Waals surface area contributed by atoms with E-state index in [4.69, 9.17) is 13.6 Å². The zero-order valence-corrected chi connectivity index (χ0v) is 16.7. The molecule has 10 heteroatoms. The molecule has 2 aromatic rings. The first-order valence-corrected chi connectivity index (χ1v) is 10.9. The minimum atomic E-state index is -4.02. The first-order chi connectivity index (χ1) is 15.5. The van der Waals surface area contributed by atoms with Gasteiger partial charge in [0.2, 0.25) is 10.0 Å². The normalized spacial score (nSPS) is 20.8. The van der Waals surface area contributed by atoms with Crippen LogP contribution >= 0.6 is 0 Å². The summed E-state index contributed by atoms with van der Waals surface area (Å²) in [6.45, 7) is 0.659. The molecule has 1 saturated heterocycles. The number of nitrogens with one attached hydrogen (secondary N) is 2. The van der Waals surface area contributed by atoms with Crippen molar-refractivity contribution in [3.8, 4) is 5.75 Å². The number of carbonyl (C=O) groups excluding carboxylic acids is 1. The van der Waals surface area contributed by atoms with E-state index in [0.29, 0.717) is 13.0 Å². The van der Waals surface area contributed by atoms with Gasteiger partial charge in [-0.15, -0.1) is 0 Å². The van der Waals surface area contributed by atoms with Crippen LogP contribution in [-0.2, 0) is 14.8 Å². The number of anilines is 1. The van der Waals surface area contributed by atoms with E-state index in [1.165, 1.54) is 12.1 Å². The summed E-state index contributed by atoms with van der Waals surface area (Å²) in [4.78, 5) is 16.9. The minimum Gasteiger partial charge on any atom is -0.496 e. The molecule has 30 heavy (non-hydrogen) atoms. The fourth-order valence-corrected chi connectivity index (χ4v) is 4.49. The van der Waals surface area contributed by atoms with E-state index in [2.05, 4.69) is 15.0 Å². The van der Waals surface area contributed by atoms with Crippen LogP contribution in [0.2, 0.25) is 0 Å². The maximum absolute atomic E-state index is 14.0. The fraction of sp³-hybridized carbons (Fsp3) is 0.400. The second-order valence-corrected chi connectivity index (χ2v) is 8.95. The lowest BCUT2D eigenvalue weighted by Crippen LogP contribution is -2.35. The molecule has 1 unspecified atom stereocenters. The Kier molecular flexibility index (Phi) is 4.74. The number of ether oxygens (including phenoxy) is 2. The number of methoxy groups -OCH3 is 1. The monoisotopic (exact) mass is 438 g/mol. The summed E-state index contributed by atoms with van der Waals surface area (Å²) in [6, 6.07) is 5.33. The summed E-state index contributed by atoms with van der Waals surface area (Å²) in [5, 5.41) is 2.47. The molecule has 0 radical (unpaired) electrons. The van der Waals surface area contributed by atoms with E-state index in [-0.39, 0.29) is 40.2 Å². The summed E-state index contributed by atoms with van der Waals surface area (Å²) >= 11 is 0. The molecule has 2 N–H and O–H groups in total. The van der Waals surface area contributed by atoms with Crippen LogP contribution < -0.4 is 14.8 Å². The van der Waals surface area contributed by atoms with Crippen molar-refractivity contribution in [2.24, 2.45) is 0 Å². The van der Waals surface area contributed by atoms with Gasteiger partial charge in [0.25, 0.3) is 5.91 Å². The lowest BCUT2D eigenvalue weighted by atomic mass is 10.2. The van der Waals surface area contributed by atoms with Crippen LogP contribution in [0.5, 0.6) is 5.75 Å². The van der Waals surface area contributed by atoms with E-state index >= 15 is 0 Å². The maximum atomic E-state index is 14.0. The third-order valence-electron chi connectivity index (χ3n) is 4.95. The van der Waals surface area contributed by atoms with Crippen molar-refractivity contribution in [3.63, 3.8) is 0 Å². The van der Waals surface area contributed by atoms with E-state index in [9.17, 15) is 17.6 Å². The Hall–Kier alpha value is -2.56. The summed E-state index contributed by atoms with van der Waals surface area (Å²) in [5.74, 6) is -1.61. The largest absolute Gasteiger partial charge is 0.496 e. The first kappa shape index (κ1) is 17.2. The lowest BCUT2D eigenvalue weighted by Gasteiger charge is -2.14. The molecule has 160 valence electrons. The number of sulfonamides is 1. The molecule has 8 nitrogen and oxygen atoms in total.